The summed E-state index contributed by atoms with van der Waals surface area (Å²) in [6, 6.07) is 5.64. The first-order valence-electron chi connectivity index (χ1n) is 8.22. The Morgan fingerprint density at radius 1 is 1.12 bits per heavy atom. The first-order chi connectivity index (χ1) is 12.0. The van der Waals surface area contributed by atoms with Gasteiger partial charge in [-0.05, 0) is 24.1 Å². The molecule has 0 saturated carbocycles. The third-order valence-corrected chi connectivity index (χ3v) is 4.00. The molecule has 1 aromatic carbocycles. The number of halogens is 1. The summed E-state index contributed by atoms with van der Waals surface area (Å²) in [5, 5.41) is 11.1. The molecule has 7 nitrogen and oxygen atoms in total. The van der Waals surface area contributed by atoms with Gasteiger partial charge >= 0.3 is 12.0 Å². The van der Waals surface area contributed by atoms with Crippen LogP contribution in [0.15, 0.2) is 24.3 Å². The van der Waals surface area contributed by atoms with Crippen molar-refractivity contribution in [2.45, 2.75) is 19.3 Å². The number of rotatable bonds is 5. The van der Waals surface area contributed by atoms with E-state index < -0.39 is 5.97 Å². The Hall–Kier alpha value is -2.64. The maximum absolute atomic E-state index is 13.2. The van der Waals surface area contributed by atoms with E-state index in [1.165, 1.54) is 12.1 Å². The SMILES string of the molecule is O=C(O)CCNC(=O)N1CCCN(C(=O)Cc2cccc(F)c2)CC1. The monoisotopic (exact) mass is 351 g/mol. The predicted molar refractivity (Wildman–Crippen MR) is 88.5 cm³/mol. The summed E-state index contributed by atoms with van der Waals surface area (Å²) in [6.45, 7) is 1.90. The molecule has 0 radical (unpaired) electrons. The molecule has 8 heteroatoms. The van der Waals surface area contributed by atoms with Crippen LogP contribution >= 0.6 is 0 Å². The van der Waals surface area contributed by atoms with E-state index in [2.05, 4.69) is 5.32 Å². The van der Waals surface area contributed by atoms with Crippen LogP contribution in [0.3, 0.4) is 0 Å². The van der Waals surface area contributed by atoms with Crippen LogP contribution in [0.5, 0.6) is 0 Å². The van der Waals surface area contributed by atoms with E-state index in [1.807, 2.05) is 0 Å². The molecule has 0 unspecified atom stereocenters. The van der Waals surface area contributed by atoms with Gasteiger partial charge in [-0.3, -0.25) is 9.59 Å². The number of carbonyl (C=O) groups is 3. The van der Waals surface area contributed by atoms with E-state index in [9.17, 15) is 18.8 Å². The zero-order chi connectivity index (χ0) is 18.2. The Bertz CT molecular complexity index is 638. The van der Waals surface area contributed by atoms with E-state index in [4.69, 9.17) is 5.11 Å². The molecule has 0 aromatic heterocycles. The van der Waals surface area contributed by atoms with E-state index in [1.54, 1.807) is 21.9 Å². The van der Waals surface area contributed by atoms with Gasteiger partial charge < -0.3 is 20.2 Å². The summed E-state index contributed by atoms with van der Waals surface area (Å²) >= 11 is 0. The van der Waals surface area contributed by atoms with E-state index in [0.717, 1.165) is 0 Å². The number of hydrogen-bond acceptors (Lipinski definition) is 3. The molecular formula is C17H22FN3O4. The van der Waals surface area contributed by atoms with Crippen LogP contribution in [0, 0.1) is 5.82 Å². The molecule has 0 atom stereocenters. The van der Waals surface area contributed by atoms with Gasteiger partial charge in [-0.1, -0.05) is 12.1 Å². The number of aliphatic carboxylic acids is 1. The number of urea groups is 1. The predicted octanol–water partition coefficient (Wildman–Crippen LogP) is 1.09. The van der Waals surface area contributed by atoms with Gasteiger partial charge in [0.1, 0.15) is 5.82 Å². The molecular weight excluding hydrogens is 329 g/mol. The summed E-state index contributed by atoms with van der Waals surface area (Å²) in [7, 11) is 0. The Kier molecular flexibility index (Phi) is 6.73. The molecule has 2 rings (SSSR count). The van der Waals surface area contributed by atoms with Crippen molar-refractivity contribution in [3.05, 3.63) is 35.6 Å². The van der Waals surface area contributed by atoms with Crippen molar-refractivity contribution in [2.75, 3.05) is 32.7 Å². The molecule has 25 heavy (non-hydrogen) atoms. The summed E-state index contributed by atoms with van der Waals surface area (Å²) < 4.78 is 13.2. The second-order valence-electron chi connectivity index (χ2n) is 5.90. The maximum atomic E-state index is 13.2. The average molecular weight is 351 g/mol. The summed E-state index contributed by atoms with van der Waals surface area (Å²) in [5.41, 5.74) is 0.623. The Morgan fingerprint density at radius 2 is 1.84 bits per heavy atom. The number of amides is 3. The number of nitrogens with zero attached hydrogens (tertiary/aromatic N) is 2. The van der Waals surface area contributed by atoms with Crippen LogP contribution < -0.4 is 5.32 Å². The highest BCUT2D eigenvalue weighted by atomic mass is 19.1. The second-order valence-corrected chi connectivity index (χ2v) is 5.90. The summed E-state index contributed by atoms with van der Waals surface area (Å²) in [4.78, 5) is 38.1. The minimum absolute atomic E-state index is 0.0763. The smallest absolute Gasteiger partial charge is 0.317 e. The van der Waals surface area contributed by atoms with Gasteiger partial charge in [-0.25, -0.2) is 9.18 Å². The zero-order valence-electron chi connectivity index (χ0n) is 13.9. The second kappa shape index (κ2) is 9.00. The van der Waals surface area contributed by atoms with E-state index >= 15 is 0 Å². The van der Waals surface area contributed by atoms with Crippen molar-refractivity contribution in [3.8, 4) is 0 Å². The zero-order valence-corrected chi connectivity index (χ0v) is 13.9. The fraction of sp³-hybridized carbons (Fsp3) is 0.471. The van der Waals surface area contributed by atoms with E-state index in [-0.39, 0.29) is 37.1 Å². The highest BCUT2D eigenvalue weighted by molar-refractivity contribution is 5.79. The molecule has 2 N–H and O–H groups in total. The maximum Gasteiger partial charge on any atom is 0.317 e. The lowest BCUT2D eigenvalue weighted by atomic mass is 10.1. The third kappa shape index (κ3) is 6.06. The summed E-state index contributed by atoms with van der Waals surface area (Å²) in [6.07, 6.45) is 0.641. The van der Waals surface area contributed by atoms with Gasteiger partial charge in [0.05, 0.1) is 12.8 Å². The molecule has 3 amide bonds. The number of nitrogens with one attached hydrogen (secondary N) is 1. The minimum atomic E-state index is -0.967. The van der Waals surface area contributed by atoms with Crippen molar-refractivity contribution >= 4 is 17.9 Å². The molecule has 0 bridgehead atoms. The Morgan fingerprint density at radius 3 is 2.56 bits per heavy atom. The largest absolute Gasteiger partial charge is 0.481 e. The number of carboxylic acids is 1. The topological polar surface area (TPSA) is 89.9 Å². The fourth-order valence-corrected chi connectivity index (χ4v) is 2.69. The number of carbonyl (C=O) groups excluding carboxylic acids is 2. The Balaban J connectivity index is 1.82. The number of benzene rings is 1. The van der Waals surface area contributed by atoms with Crippen molar-refractivity contribution in [1.82, 2.24) is 15.1 Å². The lowest BCUT2D eigenvalue weighted by molar-refractivity contribution is -0.136. The van der Waals surface area contributed by atoms with Gasteiger partial charge in [0, 0.05) is 32.7 Å². The molecule has 136 valence electrons. The highest BCUT2D eigenvalue weighted by Gasteiger charge is 2.22. The molecule has 1 heterocycles. The first kappa shape index (κ1) is 18.7. The van der Waals surface area contributed by atoms with Gasteiger partial charge in [0.2, 0.25) is 5.91 Å². The third-order valence-electron chi connectivity index (χ3n) is 4.00. The van der Waals surface area contributed by atoms with Gasteiger partial charge in [0.25, 0.3) is 0 Å². The quantitative estimate of drug-likeness (QED) is 0.831. The highest BCUT2D eigenvalue weighted by Crippen LogP contribution is 2.09. The lowest BCUT2D eigenvalue weighted by Crippen LogP contribution is -2.43. The van der Waals surface area contributed by atoms with Crippen molar-refractivity contribution < 1.29 is 23.9 Å². The standard InChI is InChI=1S/C17H22FN3O4/c18-14-4-1-3-13(11-14)12-15(22)20-7-2-8-21(10-9-20)17(25)19-6-5-16(23)24/h1,3-4,11H,2,5-10,12H2,(H,19,25)(H,23,24). The molecule has 1 aliphatic rings. The molecule has 0 spiro atoms. The van der Waals surface area contributed by atoms with Gasteiger partial charge in [0.15, 0.2) is 0 Å². The summed E-state index contributed by atoms with van der Waals surface area (Å²) in [5.74, 6) is -1.44. The number of carboxylic acid groups (broad SMARTS) is 1. The first-order valence-corrected chi connectivity index (χ1v) is 8.22. The van der Waals surface area contributed by atoms with Gasteiger partial charge in [-0.15, -0.1) is 0 Å². The fourth-order valence-electron chi connectivity index (χ4n) is 2.69. The lowest BCUT2D eigenvalue weighted by Gasteiger charge is -2.22. The van der Waals surface area contributed by atoms with Crippen LogP contribution in [0.4, 0.5) is 9.18 Å². The molecule has 1 aromatic rings. The molecule has 1 fully saturated rings. The van der Waals surface area contributed by atoms with Crippen LogP contribution in [0.1, 0.15) is 18.4 Å². The normalized spacial score (nSPS) is 14.8. The van der Waals surface area contributed by atoms with Crippen molar-refractivity contribution in [2.24, 2.45) is 0 Å². The molecule has 1 saturated heterocycles. The van der Waals surface area contributed by atoms with Crippen molar-refractivity contribution in [1.29, 1.82) is 0 Å². The van der Waals surface area contributed by atoms with Crippen LogP contribution in [-0.2, 0) is 16.0 Å². The average Bonchev–Trinajstić information content (AvgIpc) is 2.80. The number of hydrogen-bond donors (Lipinski definition) is 2. The molecule has 0 aliphatic carbocycles. The van der Waals surface area contributed by atoms with Crippen LogP contribution in [-0.4, -0.2) is 65.5 Å². The van der Waals surface area contributed by atoms with E-state index in [0.29, 0.717) is 38.2 Å². The van der Waals surface area contributed by atoms with Crippen molar-refractivity contribution in [3.63, 3.8) is 0 Å². The van der Waals surface area contributed by atoms with Gasteiger partial charge in [-0.2, -0.15) is 0 Å². The van der Waals surface area contributed by atoms with Crippen LogP contribution in [0.2, 0.25) is 0 Å². The molecule has 1 aliphatic heterocycles. The minimum Gasteiger partial charge on any atom is -0.481 e. The van der Waals surface area contributed by atoms with Crippen LogP contribution in [0.25, 0.3) is 0 Å². The Labute approximate surface area is 145 Å².